The van der Waals surface area contributed by atoms with Gasteiger partial charge in [-0.3, -0.25) is 4.79 Å². The topological polar surface area (TPSA) is 83.5 Å². The Morgan fingerprint density at radius 2 is 1.86 bits per heavy atom. The molecule has 0 aliphatic heterocycles. The van der Waals surface area contributed by atoms with E-state index in [1.807, 2.05) is 6.92 Å². The van der Waals surface area contributed by atoms with Crippen molar-refractivity contribution in [3.05, 3.63) is 52.4 Å². The first-order chi connectivity index (χ1) is 9.88. The molecule has 5 nitrogen and oxygen atoms in total. The average molecular weight is 325 g/mol. The number of aliphatic carboxylic acids is 1. The van der Waals surface area contributed by atoms with Crippen molar-refractivity contribution in [2.24, 2.45) is 0 Å². The molecule has 0 amide bonds. The summed E-state index contributed by atoms with van der Waals surface area (Å²) in [5.74, 6) is -0.945. The zero-order chi connectivity index (χ0) is 15.5. The van der Waals surface area contributed by atoms with Crippen LogP contribution in [0.3, 0.4) is 0 Å². The monoisotopic (exact) mass is 325 g/mol. The summed E-state index contributed by atoms with van der Waals surface area (Å²) in [6.45, 7) is 1.91. The van der Waals surface area contributed by atoms with Gasteiger partial charge in [-0.05, 0) is 30.2 Å². The van der Waals surface area contributed by atoms with Gasteiger partial charge in [0, 0.05) is 11.4 Å². The van der Waals surface area contributed by atoms with Gasteiger partial charge in [-0.15, -0.1) is 11.3 Å². The Bertz CT molecular complexity index is 750. The number of hydrogen-bond acceptors (Lipinski definition) is 4. The van der Waals surface area contributed by atoms with Gasteiger partial charge in [-0.2, -0.15) is 0 Å². The van der Waals surface area contributed by atoms with Crippen LogP contribution in [0.1, 0.15) is 16.0 Å². The summed E-state index contributed by atoms with van der Waals surface area (Å²) in [5, 5.41) is 8.86. The van der Waals surface area contributed by atoms with Crippen LogP contribution < -0.4 is 4.72 Å². The molecule has 2 N–H and O–H groups in total. The fourth-order valence-electron chi connectivity index (χ4n) is 1.87. The number of rotatable bonds is 6. The Morgan fingerprint density at radius 3 is 2.43 bits per heavy atom. The van der Waals surface area contributed by atoms with E-state index in [9.17, 15) is 13.2 Å². The lowest BCUT2D eigenvalue weighted by atomic mass is 10.1. The smallest absolute Gasteiger partial charge is 0.307 e. The molecule has 0 aliphatic rings. The number of carboxylic acid groups (broad SMARTS) is 1. The molecule has 1 aromatic carbocycles. The van der Waals surface area contributed by atoms with E-state index < -0.39 is 16.0 Å². The number of thiophene rings is 1. The van der Waals surface area contributed by atoms with E-state index in [1.165, 1.54) is 11.3 Å². The maximum Gasteiger partial charge on any atom is 0.307 e. The van der Waals surface area contributed by atoms with Crippen LogP contribution in [-0.2, 0) is 27.8 Å². The third-order valence-electron chi connectivity index (χ3n) is 2.89. The van der Waals surface area contributed by atoms with E-state index in [4.69, 9.17) is 5.11 Å². The van der Waals surface area contributed by atoms with Crippen LogP contribution in [-0.4, -0.2) is 19.5 Å². The zero-order valence-electron chi connectivity index (χ0n) is 11.4. The molecule has 112 valence electrons. The third-order valence-corrected chi connectivity index (χ3v) is 5.79. The Kier molecular flexibility index (Phi) is 4.76. The van der Waals surface area contributed by atoms with E-state index in [2.05, 4.69) is 4.72 Å². The molecule has 1 heterocycles. The van der Waals surface area contributed by atoms with E-state index in [0.717, 1.165) is 4.88 Å². The van der Waals surface area contributed by atoms with Crippen molar-refractivity contribution in [2.75, 3.05) is 0 Å². The first-order valence-electron chi connectivity index (χ1n) is 6.23. The van der Waals surface area contributed by atoms with Crippen molar-refractivity contribution >= 4 is 27.3 Å². The van der Waals surface area contributed by atoms with Crippen molar-refractivity contribution < 1.29 is 18.3 Å². The van der Waals surface area contributed by atoms with Crippen LogP contribution in [0.15, 0.2) is 40.6 Å². The molecule has 0 aliphatic carbocycles. The summed E-state index contributed by atoms with van der Waals surface area (Å²) in [4.78, 5) is 11.7. The molecule has 21 heavy (non-hydrogen) atoms. The first kappa shape index (κ1) is 15.7. The average Bonchev–Trinajstić information content (AvgIpc) is 2.85. The molecular weight excluding hydrogens is 310 g/mol. The number of aryl methyl sites for hydroxylation is 1. The molecule has 7 heteroatoms. The van der Waals surface area contributed by atoms with Crippen molar-refractivity contribution in [3.8, 4) is 0 Å². The number of nitrogens with one attached hydrogen (secondary N) is 1. The second-order valence-corrected chi connectivity index (χ2v) is 7.81. The van der Waals surface area contributed by atoms with Gasteiger partial charge in [0.2, 0.25) is 10.0 Å². The van der Waals surface area contributed by atoms with E-state index in [-0.39, 0.29) is 17.2 Å². The summed E-state index contributed by atoms with van der Waals surface area (Å²) >= 11 is 1.20. The second-order valence-electron chi connectivity index (χ2n) is 4.53. The standard InChI is InChI=1S/C14H15NO4S2/c1-10-6-7-14(20-10)21(18,19)15-9-12-5-3-2-4-11(12)8-13(16)17/h2-7,15H,8-9H2,1H3,(H,16,17). The quantitative estimate of drug-likeness (QED) is 0.852. The molecule has 0 spiro atoms. The molecule has 2 aromatic rings. The Hall–Kier alpha value is -1.70. The number of sulfonamides is 1. The Morgan fingerprint density at radius 1 is 1.19 bits per heavy atom. The number of hydrogen-bond donors (Lipinski definition) is 2. The number of benzene rings is 1. The van der Waals surface area contributed by atoms with Crippen LogP contribution >= 0.6 is 11.3 Å². The minimum Gasteiger partial charge on any atom is -0.481 e. The molecule has 0 saturated heterocycles. The second kappa shape index (κ2) is 6.38. The van der Waals surface area contributed by atoms with E-state index in [0.29, 0.717) is 11.1 Å². The lowest BCUT2D eigenvalue weighted by Crippen LogP contribution is -2.23. The van der Waals surface area contributed by atoms with Gasteiger partial charge in [0.1, 0.15) is 4.21 Å². The van der Waals surface area contributed by atoms with Crippen LogP contribution in [0, 0.1) is 6.92 Å². The summed E-state index contributed by atoms with van der Waals surface area (Å²) < 4.78 is 27.0. The SMILES string of the molecule is Cc1ccc(S(=O)(=O)NCc2ccccc2CC(=O)O)s1. The molecule has 2 rings (SSSR count). The van der Waals surface area contributed by atoms with E-state index in [1.54, 1.807) is 36.4 Å². The van der Waals surface area contributed by atoms with Crippen LogP contribution in [0.25, 0.3) is 0 Å². The third kappa shape index (κ3) is 4.13. The van der Waals surface area contributed by atoms with Crippen molar-refractivity contribution in [2.45, 2.75) is 24.1 Å². The van der Waals surface area contributed by atoms with Crippen LogP contribution in [0.5, 0.6) is 0 Å². The highest BCUT2D eigenvalue weighted by atomic mass is 32.2. The van der Waals surface area contributed by atoms with Gasteiger partial charge in [-0.25, -0.2) is 13.1 Å². The molecule has 1 aromatic heterocycles. The highest BCUT2D eigenvalue weighted by Gasteiger charge is 2.16. The van der Waals surface area contributed by atoms with Crippen molar-refractivity contribution in [3.63, 3.8) is 0 Å². The maximum absolute atomic E-state index is 12.1. The molecular formula is C14H15NO4S2. The van der Waals surface area contributed by atoms with Gasteiger partial charge in [0.05, 0.1) is 6.42 Å². The minimum atomic E-state index is -3.56. The molecule has 0 bridgehead atoms. The van der Waals surface area contributed by atoms with Gasteiger partial charge < -0.3 is 5.11 Å². The van der Waals surface area contributed by atoms with Crippen LogP contribution in [0.4, 0.5) is 0 Å². The summed E-state index contributed by atoms with van der Waals surface area (Å²) in [7, 11) is -3.56. The number of carboxylic acids is 1. The summed E-state index contributed by atoms with van der Waals surface area (Å²) in [5.41, 5.74) is 1.27. The summed E-state index contributed by atoms with van der Waals surface area (Å²) in [6.07, 6.45) is -0.129. The van der Waals surface area contributed by atoms with Gasteiger partial charge in [0.15, 0.2) is 0 Å². The maximum atomic E-state index is 12.1. The van der Waals surface area contributed by atoms with Gasteiger partial charge in [-0.1, -0.05) is 24.3 Å². The summed E-state index contributed by atoms with van der Waals surface area (Å²) in [6, 6.07) is 10.2. The lowest BCUT2D eigenvalue weighted by Gasteiger charge is -2.09. The fourth-order valence-corrected chi connectivity index (χ4v) is 4.20. The highest BCUT2D eigenvalue weighted by molar-refractivity contribution is 7.91. The predicted octanol–water partition coefficient (Wildman–Crippen LogP) is 2.16. The highest BCUT2D eigenvalue weighted by Crippen LogP contribution is 2.21. The molecule has 0 unspecified atom stereocenters. The zero-order valence-corrected chi connectivity index (χ0v) is 13.0. The first-order valence-corrected chi connectivity index (χ1v) is 8.53. The lowest BCUT2D eigenvalue weighted by molar-refractivity contribution is -0.136. The molecule has 0 saturated carbocycles. The largest absolute Gasteiger partial charge is 0.481 e. The Balaban J connectivity index is 2.15. The van der Waals surface area contributed by atoms with Gasteiger partial charge in [0.25, 0.3) is 0 Å². The molecule has 0 fully saturated rings. The van der Waals surface area contributed by atoms with Crippen molar-refractivity contribution in [1.29, 1.82) is 0 Å². The van der Waals surface area contributed by atoms with Gasteiger partial charge >= 0.3 is 5.97 Å². The normalized spacial score (nSPS) is 11.5. The molecule has 0 atom stereocenters. The number of carbonyl (C=O) groups is 1. The fraction of sp³-hybridized carbons (Fsp3) is 0.214. The van der Waals surface area contributed by atoms with Crippen molar-refractivity contribution in [1.82, 2.24) is 4.72 Å². The predicted molar refractivity (Wildman–Crippen MR) is 80.9 cm³/mol. The Labute approximate surface area is 127 Å². The minimum absolute atomic E-state index is 0.0722. The van der Waals surface area contributed by atoms with Crippen LogP contribution in [0.2, 0.25) is 0 Å². The molecule has 0 radical (unpaired) electrons. The van der Waals surface area contributed by atoms with E-state index >= 15 is 0 Å².